The smallest absolute Gasteiger partial charge is 0.198 e. The van der Waals surface area contributed by atoms with Crippen molar-refractivity contribution in [1.82, 2.24) is 9.38 Å². The summed E-state index contributed by atoms with van der Waals surface area (Å²) in [5.74, 6) is -0.133. The fraction of sp³-hybridized carbons (Fsp3) is 0.143. The molecule has 0 atom stereocenters. The van der Waals surface area contributed by atoms with E-state index in [4.69, 9.17) is 11.6 Å². The number of aromatic nitrogens is 2. The van der Waals surface area contributed by atoms with Crippen LogP contribution < -0.4 is 0 Å². The molecular formula is C7H5ClN2OS. The van der Waals surface area contributed by atoms with E-state index in [9.17, 15) is 4.79 Å². The van der Waals surface area contributed by atoms with Gasteiger partial charge in [-0.25, -0.2) is 4.98 Å². The van der Waals surface area contributed by atoms with Gasteiger partial charge < -0.3 is 0 Å². The Kier molecular flexibility index (Phi) is 1.86. The van der Waals surface area contributed by atoms with Gasteiger partial charge in [0.15, 0.2) is 5.78 Å². The maximum Gasteiger partial charge on any atom is 0.198 e. The van der Waals surface area contributed by atoms with Crippen LogP contribution in [0.3, 0.4) is 0 Å². The van der Waals surface area contributed by atoms with E-state index < -0.39 is 0 Å². The highest BCUT2D eigenvalue weighted by Gasteiger charge is 2.12. The molecule has 0 bridgehead atoms. The zero-order valence-electron chi connectivity index (χ0n) is 6.03. The molecule has 12 heavy (non-hydrogen) atoms. The minimum atomic E-state index is -0.124. The normalized spacial score (nSPS) is 10.8. The van der Waals surface area contributed by atoms with E-state index in [0.29, 0.717) is 5.69 Å². The Bertz CT molecular complexity index is 420. The van der Waals surface area contributed by atoms with E-state index >= 15 is 0 Å². The second kappa shape index (κ2) is 2.88. The minimum absolute atomic E-state index is 0.00935. The molecule has 0 saturated carbocycles. The van der Waals surface area contributed by atoms with Gasteiger partial charge in [0.05, 0.1) is 5.88 Å². The predicted octanol–water partition coefficient (Wildman–Crippen LogP) is 1.82. The van der Waals surface area contributed by atoms with Crippen molar-refractivity contribution < 1.29 is 4.79 Å². The van der Waals surface area contributed by atoms with Gasteiger partial charge in [-0.1, -0.05) is 0 Å². The molecule has 0 radical (unpaired) electrons. The van der Waals surface area contributed by atoms with Crippen molar-refractivity contribution in [2.24, 2.45) is 0 Å². The second-order valence-corrected chi connectivity index (χ2v) is 3.43. The molecule has 62 valence electrons. The molecule has 0 spiro atoms. The van der Waals surface area contributed by atoms with Gasteiger partial charge in [-0.3, -0.25) is 9.20 Å². The van der Waals surface area contributed by atoms with E-state index in [1.165, 1.54) is 11.3 Å². The summed E-state index contributed by atoms with van der Waals surface area (Å²) in [4.78, 5) is 16.0. The lowest BCUT2D eigenvalue weighted by molar-refractivity contribution is 0.101. The van der Waals surface area contributed by atoms with Crippen LogP contribution in [-0.2, 0) is 0 Å². The van der Waals surface area contributed by atoms with Crippen LogP contribution in [0.2, 0.25) is 0 Å². The van der Waals surface area contributed by atoms with Gasteiger partial charge in [0.1, 0.15) is 16.9 Å². The van der Waals surface area contributed by atoms with E-state index in [1.807, 2.05) is 16.0 Å². The number of Topliss-reactive ketones (excluding diaryl/α,β-unsaturated/α-hetero) is 1. The van der Waals surface area contributed by atoms with E-state index in [0.717, 1.165) is 4.83 Å². The third-order valence-electron chi connectivity index (χ3n) is 1.53. The molecule has 0 saturated heterocycles. The highest BCUT2D eigenvalue weighted by atomic mass is 35.5. The first kappa shape index (κ1) is 7.76. The average molecular weight is 201 g/mol. The Morgan fingerprint density at radius 1 is 1.75 bits per heavy atom. The number of halogens is 1. The number of thiazole rings is 1. The summed E-state index contributed by atoms with van der Waals surface area (Å²) in [6.45, 7) is 0. The Balaban J connectivity index is 2.61. The zero-order valence-corrected chi connectivity index (χ0v) is 7.60. The molecular weight excluding hydrogens is 196 g/mol. The van der Waals surface area contributed by atoms with Gasteiger partial charge in [0.2, 0.25) is 0 Å². The number of fused-ring (bicyclic) bond motifs is 1. The van der Waals surface area contributed by atoms with E-state index in [-0.39, 0.29) is 11.7 Å². The summed E-state index contributed by atoms with van der Waals surface area (Å²) >= 11 is 6.90. The first-order valence-electron chi connectivity index (χ1n) is 3.32. The van der Waals surface area contributed by atoms with Crippen molar-refractivity contribution in [3.8, 4) is 0 Å². The molecule has 3 nitrogen and oxygen atoms in total. The number of hydrogen-bond donors (Lipinski definition) is 0. The summed E-state index contributed by atoms with van der Waals surface area (Å²) < 4.78 is 1.81. The number of rotatable bonds is 2. The maximum atomic E-state index is 11.2. The van der Waals surface area contributed by atoms with Crippen LogP contribution in [0.1, 0.15) is 10.5 Å². The maximum absolute atomic E-state index is 11.2. The van der Waals surface area contributed by atoms with Gasteiger partial charge in [-0.2, -0.15) is 0 Å². The molecule has 2 aromatic rings. The SMILES string of the molecule is O=C(CCl)c1ncn2ccsc12. The second-order valence-electron chi connectivity index (χ2n) is 2.27. The Hall–Kier alpha value is -0.870. The van der Waals surface area contributed by atoms with Gasteiger partial charge in [-0.05, 0) is 0 Å². The Morgan fingerprint density at radius 3 is 3.33 bits per heavy atom. The van der Waals surface area contributed by atoms with Gasteiger partial charge in [0.25, 0.3) is 0 Å². The van der Waals surface area contributed by atoms with Crippen molar-refractivity contribution in [3.05, 3.63) is 23.6 Å². The lowest BCUT2D eigenvalue weighted by atomic mass is 10.3. The molecule has 0 fully saturated rings. The number of carbonyl (C=O) groups is 1. The fourth-order valence-electron chi connectivity index (χ4n) is 0.988. The third-order valence-corrected chi connectivity index (χ3v) is 2.66. The molecule has 5 heteroatoms. The van der Waals surface area contributed by atoms with E-state index in [2.05, 4.69) is 4.98 Å². The molecule has 0 aromatic carbocycles. The summed E-state index contributed by atoms with van der Waals surface area (Å²) in [7, 11) is 0. The van der Waals surface area contributed by atoms with Crippen LogP contribution >= 0.6 is 22.9 Å². The van der Waals surface area contributed by atoms with Crippen molar-refractivity contribution in [2.45, 2.75) is 0 Å². The van der Waals surface area contributed by atoms with E-state index in [1.54, 1.807) is 6.33 Å². The average Bonchev–Trinajstić information content (AvgIpc) is 2.62. The largest absolute Gasteiger partial charge is 0.296 e. The molecule has 0 aliphatic carbocycles. The topological polar surface area (TPSA) is 34.4 Å². The summed E-state index contributed by atoms with van der Waals surface area (Å²) in [6.07, 6.45) is 3.48. The monoisotopic (exact) mass is 200 g/mol. The lowest BCUT2D eigenvalue weighted by Gasteiger charge is -1.87. The van der Waals surface area contributed by atoms with Crippen LogP contribution in [-0.4, -0.2) is 21.0 Å². The van der Waals surface area contributed by atoms with Gasteiger partial charge in [0, 0.05) is 11.6 Å². The van der Waals surface area contributed by atoms with Gasteiger partial charge in [-0.15, -0.1) is 22.9 Å². The fourth-order valence-corrected chi connectivity index (χ4v) is 1.94. The number of nitrogens with zero attached hydrogens (tertiary/aromatic N) is 2. The molecule has 2 heterocycles. The summed E-state index contributed by atoms with van der Waals surface area (Å²) in [6, 6.07) is 0. The zero-order chi connectivity index (χ0) is 8.55. The van der Waals surface area contributed by atoms with Crippen molar-refractivity contribution in [3.63, 3.8) is 0 Å². The third kappa shape index (κ3) is 1.04. The molecule has 2 aromatic heterocycles. The number of carbonyl (C=O) groups excluding carboxylic acids is 1. The molecule has 0 N–H and O–H groups in total. The number of ketones is 1. The highest BCUT2D eigenvalue weighted by Crippen LogP contribution is 2.16. The molecule has 0 unspecified atom stereocenters. The number of imidazole rings is 1. The highest BCUT2D eigenvalue weighted by molar-refractivity contribution is 7.15. The number of alkyl halides is 1. The predicted molar refractivity (Wildman–Crippen MR) is 48.1 cm³/mol. The molecule has 0 aliphatic heterocycles. The van der Waals surface area contributed by atoms with Crippen LogP contribution in [0.5, 0.6) is 0 Å². The first-order valence-corrected chi connectivity index (χ1v) is 4.73. The first-order chi connectivity index (χ1) is 5.83. The summed E-state index contributed by atoms with van der Waals surface area (Å²) in [5.41, 5.74) is 0.472. The standard InChI is InChI=1S/C7H5ClN2OS/c8-3-5(11)6-7-10(4-9-6)1-2-12-7/h1-2,4H,3H2. The van der Waals surface area contributed by atoms with Crippen LogP contribution in [0.25, 0.3) is 4.83 Å². The molecule has 2 rings (SSSR count). The molecule has 0 amide bonds. The quantitative estimate of drug-likeness (QED) is 0.548. The van der Waals surface area contributed by atoms with Crippen molar-refractivity contribution >= 4 is 33.6 Å². The van der Waals surface area contributed by atoms with Crippen molar-refractivity contribution in [1.29, 1.82) is 0 Å². The Labute approximate surface area is 77.6 Å². The van der Waals surface area contributed by atoms with Crippen LogP contribution in [0.15, 0.2) is 17.9 Å². The Morgan fingerprint density at radius 2 is 2.58 bits per heavy atom. The number of hydrogen-bond acceptors (Lipinski definition) is 3. The van der Waals surface area contributed by atoms with Crippen molar-refractivity contribution in [2.75, 3.05) is 5.88 Å². The molecule has 0 aliphatic rings. The van der Waals surface area contributed by atoms with Gasteiger partial charge >= 0.3 is 0 Å². The lowest BCUT2D eigenvalue weighted by Crippen LogP contribution is -2.00. The summed E-state index contributed by atoms with van der Waals surface area (Å²) in [5, 5.41) is 1.90. The minimum Gasteiger partial charge on any atom is -0.296 e. The van der Waals surface area contributed by atoms with Crippen LogP contribution in [0.4, 0.5) is 0 Å². The van der Waals surface area contributed by atoms with Crippen LogP contribution in [0, 0.1) is 0 Å².